The molecule has 1 aromatic carbocycles. The molecule has 0 spiro atoms. The van der Waals surface area contributed by atoms with Gasteiger partial charge in [0.05, 0.1) is 24.4 Å². The van der Waals surface area contributed by atoms with Crippen molar-refractivity contribution in [3.8, 4) is 0 Å². The molecular weight excluding hydrogens is 280 g/mol. The van der Waals surface area contributed by atoms with Crippen LogP contribution >= 0.6 is 11.6 Å². The van der Waals surface area contributed by atoms with Crippen molar-refractivity contribution in [2.24, 2.45) is 0 Å². The van der Waals surface area contributed by atoms with E-state index in [-0.39, 0.29) is 17.5 Å². The van der Waals surface area contributed by atoms with E-state index >= 15 is 0 Å². The quantitative estimate of drug-likeness (QED) is 0.839. The third-order valence-corrected chi connectivity index (χ3v) is 3.51. The second-order valence-corrected chi connectivity index (χ2v) is 5.11. The van der Waals surface area contributed by atoms with Gasteiger partial charge in [-0.15, -0.1) is 0 Å². The molecule has 0 radical (unpaired) electrons. The standard InChI is InChI=1S/C14H17ClN2O3/c1-20-14(19)10-8-9(15)5-6-11(10)17-13(18)12-4-2-3-7-16-12/h5-6,8,12,16H,2-4,7H2,1H3,(H,17,18)/t12-/m1/s1. The van der Waals surface area contributed by atoms with E-state index in [1.165, 1.54) is 13.2 Å². The van der Waals surface area contributed by atoms with Crippen LogP contribution in [0.4, 0.5) is 5.69 Å². The molecule has 5 nitrogen and oxygen atoms in total. The second-order valence-electron chi connectivity index (χ2n) is 4.67. The smallest absolute Gasteiger partial charge is 0.340 e. The Kier molecular flexibility index (Phi) is 4.98. The van der Waals surface area contributed by atoms with Crippen LogP contribution in [0.3, 0.4) is 0 Å². The summed E-state index contributed by atoms with van der Waals surface area (Å²) in [6, 6.07) is 4.50. The summed E-state index contributed by atoms with van der Waals surface area (Å²) in [5.74, 6) is -0.670. The molecular formula is C14H17ClN2O3. The zero-order valence-corrected chi connectivity index (χ0v) is 12.0. The van der Waals surface area contributed by atoms with E-state index in [0.717, 1.165) is 25.8 Å². The summed E-state index contributed by atoms with van der Waals surface area (Å²) >= 11 is 5.87. The summed E-state index contributed by atoms with van der Waals surface area (Å²) in [5, 5.41) is 6.34. The van der Waals surface area contributed by atoms with Gasteiger partial charge in [0, 0.05) is 5.02 Å². The van der Waals surface area contributed by atoms with Crippen LogP contribution in [0.2, 0.25) is 5.02 Å². The molecule has 1 fully saturated rings. The number of benzene rings is 1. The minimum absolute atomic E-state index is 0.142. The Balaban J connectivity index is 2.15. The summed E-state index contributed by atoms with van der Waals surface area (Å²) in [6.45, 7) is 0.836. The van der Waals surface area contributed by atoms with Crippen LogP contribution in [0.25, 0.3) is 0 Å². The van der Waals surface area contributed by atoms with Crippen molar-refractivity contribution < 1.29 is 14.3 Å². The van der Waals surface area contributed by atoms with Crippen molar-refractivity contribution in [2.45, 2.75) is 25.3 Å². The summed E-state index contributed by atoms with van der Waals surface area (Å²) in [5.41, 5.74) is 0.669. The molecule has 1 heterocycles. The Morgan fingerprint density at radius 3 is 2.85 bits per heavy atom. The van der Waals surface area contributed by atoms with E-state index < -0.39 is 5.97 Å². The lowest BCUT2D eigenvalue weighted by atomic mass is 10.0. The first-order valence-corrected chi connectivity index (χ1v) is 6.91. The SMILES string of the molecule is COC(=O)c1cc(Cl)ccc1NC(=O)[C@H]1CCCCN1. The summed E-state index contributed by atoms with van der Waals surface area (Å²) < 4.78 is 4.69. The van der Waals surface area contributed by atoms with Crippen LogP contribution in [-0.2, 0) is 9.53 Å². The Morgan fingerprint density at radius 1 is 1.40 bits per heavy atom. The average Bonchev–Trinajstić information content (AvgIpc) is 2.49. The molecule has 2 rings (SSSR count). The summed E-state index contributed by atoms with van der Waals surface area (Å²) in [7, 11) is 1.29. The number of piperidine rings is 1. The molecule has 6 heteroatoms. The van der Waals surface area contributed by atoms with Crippen LogP contribution in [0.1, 0.15) is 29.6 Å². The number of carbonyl (C=O) groups excluding carboxylic acids is 2. The highest BCUT2D eigenvalue weighted by Crippen LogP contribution is 2.22. The van der Waals surface area contributed by atoms with Gasteiger partial charge in [-0.25, -0.2) is 4.79 Å². The highest BCUT2D eigenvalue weighted by molar-refractivity contribution is 6.31. The van der Waals surface area contributed by atoms with Gasteiger partial charge >= 0.3 is 5.97 Å². The molecule has 1 amide bonds. The van der Waals surface area contributed by atoms with Crippen LogP contribution in [0.15, 0.2) is 18.2 Å². The predicted octanol–water partition coefficient (Wildman–Crippen LogP) is 2.21. The number of hydrogen-bond donors (Lipinski definition) is 2. The van der Waals surface area contributed by atoms with Gasteiger partial charge in [0.25, 0.3) is 0 Å². The number of nitrogens with one attached hydrogen (secondary N) is 2. The lowest BCUT2D eigenvalue weighted by Gasteiger charge is -2.23. The summed E-state index contributed by atoms with van der Waals surface area (Å²) in [6.07, 6.45) is 2.90. The average molecular weight is 297 g/mol. The van der Waals surface area contributed by atoms with Crippen molar-refractivity contribution in [1.29, 1.82) is 0 Å². The maximum atomic E-state index is 12.2. The molecule has 0 saturated carbocycles. The van der Waals surface area contributed by atoms with Crippen molar-refractivity contribution in [3.63, 3.8) is 0 Å². The molecule has 0 aliphatic carbocycles. The minimum Gasteiger partial charge on any atom is -0.465 e. The fourth-order valence-corrected chi connectivity index (χ4v) is 2.37. The van der Waals surface area contributed by atoms with Gasteiger partial charge in [-0.05, 0) is 37.6 Å². The third-order valence-electron chi connectivity index (χ3n) is 3.27. The van der Waals surface area contributed by atoms with Crippen molar-refractivity contribution >= 4 is 29.2 Å². The number of halogens is 1. The lowest BCUT2D eigenvalue weighted by molar-refractivity contribution is -0.118. The first-order chi connectivity index (χ1) is 9.61. The third kappa shape index (κ3) is 3.49. The summed E-state index contributed by atoms with van der Waals surface area (Å²) in [4.78, 5) is 23.9. The molecule has 1 aliphatic rings. The van der Waals surface area contributed by atoms with Gasteiger partial charge in [0.1, 0.15) is 0 Å². The zero-order chi connectivity index (χ0) is 14.5. The maximum absolute atomic E-state index is 12.2. The van der Waals surface area contributed by atoms with Gasteiger partial charge < -0.3 is 15.4 Å². The molecule has 0 unspecified atom stereocenters. The monoisotopic (exact) mass is 296 g/mol. The van der Waals surface area contributed by atoms with Crippen molar-refractivity contribution in [1.82, 2.24) is 5.32 Å². The van der Waals surface area contributed by atoms with Gasteiger partial charge in [0.2, 0.25) is 5.91 Å². The van der Waals surface area contributed by atoms with Crippen molar-refractivity contribution in [3.05, 3.63) is 28.8 Å². The Hall–Kier alpha value is -1.59. The molecule has 108 valence electrons. The molecule has 2 N–H and O–H groups in total. The number of hydrogen-bond acceptors (Lipinski definition) is 4. The highest BCUT2D eigenvalue weighted by atomic mass is 35.5. The first kappa shape index (κ1) is 14.8. The van der Waals surface area contributed by atoms with Crippen LogP contribution < -0.4 is 10.6 Å². The maximum Gasteiger partial charge on any atom is 0.340 e. The number of anilines is 1. The molecule has 1 aromatic rings. The fraction of sp³-hybridized carbons (Fsp3) is 0.429. The van der Waals surface area contributed by atoms with E-state index in [9.17, 15) is 9.59 Å². The Morgan fingerprint density at radius 2 is 2.20 bits per heavy atom. The zero-order valence-electron chi connectivity index (χ0n) is 11.2. The van der Waals surface area contributed by atoms with Gasteiger partial charge in [-0.3, -0.25) is 4.79 Å². The van der Waals surface area contributed by atoms with Gasteiger partial charge in [-0.1, -0.05) is 18.0 Å². The molecule has 20 heavy (non-hydrogen) atoms. The largest absolute Gasteiger partial charge is 0.465 e. The predicted molar refractivity (Wildman–Crippen MR) is 77.1 cm³/mol. The van der Waals surface area contributed by atoms with Crippen LogP contribution in [-0.4, -0.2) is 31.6 Å². The molecule has 1 atom stereocenters. The van der Waals surface area contributed by atoms with Gasteiger partial charge in [0.15, 0.2) is 0 Å². The first-order valence-electron chi connectivity index (χ1n) is 6.54. The Bertz CT molecular complexity index is 513. The highest BCUT2D eigenvalue weighted by Gasteiger charge is 2.22. The Labute approximate surface area is 122 Å². The number of esters is 1. The lowest BCUT2D eigenvalue weighted by Crippen LogP contribution is -2.43. The molecule has 1 aliphatic heterocycles. The minimum atomic E-state index is -0.528. The van der Waals surface area contributed by atoms with E-state index in [4.69, 9.17) is 16.3 Å². The van der Waals surface area contributed by atoms with E-state index in [1.54, 1.807) is 12.1 Å². The number of carbonyl (C=O) groups is 2. The molecule has 1 saturated heterocycles. The van der Waals surface area contributed by atoms with E-state index in [1.807, 2.05) is 0 Å². The topological polar surface area (TPSA) is 67.4 Å². The van der Waals surface area contributed by atoms with E-state index in [0.29, 0.717) is 10.7 Å². The van der Waals surface area contributed by atoms with Crippen LogP contribution in [0, 0.1) is 0 Å². The molecule has 0 bridgehead atoms. The van der Waals surface area contributed by atoms with E-state index in [2.05, 4.69) is 10.6 Å². The normalized spacial score (nSPS) is 18.4. The number of ether oxygens (including phenoxy) is 1. The molecule has 0 aromatic heterocycles. The number of amides is 1. The van der Waals surface area contributed by atoms with Crippen LogP contribution in [0.5, 0.6) is 0 Å². The second kappa shape index (κ2) is 6.72. The van der Waals surface area contributed by atoms with Crippen molar-refractivity contribution in [2.75, 3.05) is 19.0 Å². The van der Waals surface area contributed by atoms with Gasteiger partial charge in [-0.2, -0.15) is 0 Å². The number of methoxy groups -OCH3 is 1. The number of rotatable bonds is 3. The fourth-order valence-electron chi connectivity index (χ4n) is 2.20.